The fourth-order valence-corrected chi connectivity index (χ4v) is 1.14. The first-order valence-corrected chi connectivity index (χ1v) is 4.79. The number of carboxylic acid groups (broad SMARTS) is 1. The summed E-state index contributed by atoms with van der Waals surface area (Å²) in [5, 5.41) is 8.24. The van der Waals surface area contributed by atoms with Gasteiger partial charge in [0.25, 0.3) is 0 Å². The van der Waals surface area contributed by atoms with Gasteiger partial charge >= 0.3 is 12.7 Å². The number of nitrogens with one attached hydrogen (secondary N) is 2. The Kier molecular flexibility index (Phi) is 4.85. The van der Waals surface area contributed by atoms with Gasteiger partial charge < -0.3 is 9.84 Å². The highest BCUT2D eigenvalue weighted by Gasteiger charge is 2.06. The van der Waals surface area contributed by atoms with Crippen molar-refractivity contribution in [3.8, 4) is 5.75 Å². The average molecular weight is 260 g/mol. The summed E-state index contributed by atoms with van der Waals surface area (Å²) in [5.74, 6) is -0.585. The van der Waals surface area contributed by atoms with Crippen molar-refractivity contribution >= 4 is 12.0 Å². The van der Waals surface area contributed by atoms with E-state index in [0.717, 1.165) is 0 Å². The second kappa shape index (κ2) is 6.38. The maximum Gasteiger partial charge on any atom is 0.423 e. The standard InChI is InChI=1S/C10H10F2N2O4/c11-9(12)18-7-3-1-6(2-4-7)5-8(15)13-14-10(16)17/h1-4,9,14H,5H2,(H,13,15)(H,16,17). The molecular weight excluding hydrogens is 250 g/mol. The second-order valence-corrected chi connectivity index (χ2v) is 3.18. The molecule has 8 heteroatoms. The smallest absolute Gasteiger partial charge is 0.423 e. The highest BCUT2D eigenvalue weighted by Crippen LogP contribution is 2.14. The molecule has 0 aliphatic heterocycles. The first-order valence-electron chi connectivity index (χ1n) is 4.79. The molecular formula is C10H10F2N2O4. The van der Waals surface area contributed by atoms with Crippen LogP contribution < -0.4 is 15.6 Å². The maximum atomic E-state index is 11.9. The summed E-state index contributed by atoms with van der Waals surface area (Å²) in [6.45, 7) is -2.90. The Bertz CT molecular complexity index is 422. The summed E-state index contributed by atoms with van der Waals surface area (Å²) < 4.78 is 27.8. The van der Waals surface area contributed by atoms with E-state index in [1.165, 1.54) is 24.3 Å². The molecule has 2 amide bonds. The van der Waals surface area contributed by atoms with Crippen LogP contribution in [-0.2, 0) is 11.2 Å². The highest BCUT2D eigenvalue weighted by atomic mass is 19.3. The van der Waals surface area contributed by atoms with Crippen LogP contribution in [0.15, 0.2) is 24.3 Å². The molecule has 1 aromatic rings. The van der Waals surface area contributed by atoms with Gasteiger partial charge in [-0.25, -0.2) is 10.2 Å². The monoisotopic (exact) mass is 260 g/mol. The number of hydrazine groups is 1. The van der Waals surface area contributed by atoms with Crippen molar-refractivity contribution in [1.82, 2.24) is 10.9 Å². The zero-order valence-electron chi connectivity index (χ0n) is 9.02. The van der Waals surface area contributed by atoms with Gasteiger partial charge in [0, 0.05) is 0 Å². The lowest BCUT2D eigenvalue weighted by molar-refractivity contribution is -0.121. The normalized spacial score (nSPS) is 9.94. The molecule has 3 N–H and O–H groups in total. The zero-order chi connectivity index (χ0) is 13.5. The van der Waals surface area contributed by atoms with Gasteiger partial charge in [0.05, 0.1) is 6.42 Å². The molecule has 0 aromatic heterocycles. The van der Waals surface area contributed by atoms with Crippen LogP contribution in [0.5, 0.6) is 5.75 Å². The van der Waals surface area contributed by atoms with Crippen molar-refractivity contribution in [1.29, 1.82) is 0 Å². The van der Waals surface area contributed by atoms with Crippen molar-refractivity contribution in [2.24, 2.45) is 0 Å². The van der Waals surface area contributed by atoms with E-state index >= 15 is 0 Å². The van der Waals surface area contributed by atoms with E-state index in [2.05, 4.69) is 4.74 Å². The van der Waals surface area contributed by atoms with E-state index < -0.39 is 18.6 Å². The van der Waals surface area contributed by atoms with Crippen molar-refractivity contribution in [2.45, 2.75) is 13.0 Å². The molecule has 0 spiro atoms. The number of benzene rings is 1. The Balaban J connectivity index is 2.48. The molecule has 98 valence electrons. The molecule has 6 nitrogen and oxygen atoms in total. The van der Waals surface area contributed by atoms with Gasteiger partial charge in [-0.05, 0) is 17.7 Å². The molecule has 0 fully saturated rings. The molecule has 0 saturated heterocycles. The number of rotatable bonds is 4. The second-order valence-electron chi connectivity index (χ2n) is 3.18. The van der Waals surface area contributed by atoms with Crippen LogP contribution in [0.3, 0.4) is 0 Å². The molecule has 0 saturated carbocycles. The van der Waals surface area contributed by atoms with Gasteiger partial charge in [-0.1, -0.05) is 12.1 Å². The van der Waals surface area contributed by atoms with Crippen molar-refractivity contribution in [3.63, 3.8) is 0 Å². The molecule has 0 aliphatic carbocycles. The SMILES string of the molecule is O=C(O)NNC(=O)Cc1ccc(OC(F)F)cc1. The molecule has 18 heavy (non-hydrogen) atoms. The first kappa shape index (κ1) is 13.7. The Hall–Kier alpha value is -2.38. The van der Waals surface area contributed by atoms with Gasteiger partial charge in [0.2, 0.25) is 5.91 Å². The number of carbonyl (C=O) groups is 2. The summed E-state index contributed by atoms with van der Waals surface area (Å²) in [5.41, 5.74) is 4.16. The van der Waals surface area contributed by atoms with E-state index in [0.29, 0.717) is 5.56 Å². The highest BCUT2D eigenvalue weighted by molar-refractivity contribution is 5.80. The fourth-order valence-electron chi connectivity index (χ4n) is 1.14. The van der Waals surface area contributed by atoms with Crippen LogP contribution >= 0.6 is 0 Å². The van der Waals surface area contributed by atoms with Gasteiger partial charge in [-0.2, -0.15) is 8.78 Å². The number of carbonyl (C=O) groups excluding carboxylic acids is 1. The van der Waals surface area contributed by atoms with E-state index in [1.54, 1.807) is 5.43 Å². The van der Waals surface area contributed by atoms with Crippen LogP contribution in [0.2, 0.25) is 0 Å². The third kappa shape index (κ3) is 5.10. The Labute approximate surface area is 101 Å². The van der Waals surface area contributed by atoms with E-state index in [9.17, 15) is 18.4 Å². The van der Waals surface area contributed by atoms with Gasteiger partial charge in [0.15, 0.2) is 0 Å². The topological polar surface area (TPSA) is 87.7 Å². The summed E-state index contributed by atoms with van der Waals surface area (Å²) >= 11 is 0. The lowest BCUT2D eigenvalue weighted by Crippen LogP contribution is -2.41. The molecule has 0 radical (unpaired) electrons. The van der Waals surface area contributed by atoms with Crippen LogP contribution in [0.4, 0.5) is 13.6 Å². The Morgan fingerprint density at radius 3 is 2.33 bits per heavy atom. The molecule has 1 rings (SSSR count). The van der Waals surface area contributed by atoms with E-state index in [1.807, 2.05) is 5.43 Å². The van der Waals surface area contributed by atoms with Crippen LogP contribution in [0.1, 0.15) is 5.56 Å². The quantitative estimate of drug-likeness (QED) is 0.708. The number of hydrogen-bond acceptors (Lipinski definition) is 3. The maximum absolute atomic E-state index is 11.9. The zero-order valence-corrected chi connectivity index (χ0v) is 9.02. The van der Waals surface area contributed by atoms with Gasteiger partial charge in [-0.3, -0.25) is 10.2 Å². The lowest BCUT2D eigenvalue weighted by Gasteiger charge is -2.06. The van der Waals surface area contributed by atoms with Crippen molar-refractivity contribution in [3.05, 3.63) is 29.8 Å². The summed E-state index contributed by atoms with van der Waals surface area (Å²) in [4.78, 5) is 21.3. The number of alkyl halides is 2. The third-order valence-corrected chi connectivity index (χ3v) is 1.82. The van der Waals surface area contributed by atoms with E-state index in [-0.39, 0.29) is 12.2 Å². The summed E-state index contributed by atoms with van der Waals surface area (Å²) in [6.07, 6.45) is -1.47. The molecule has 0 heterocycles. The van der Waals surface area contributed by atoms with Crippen LogP contribution in [0.25, 0.3) is 0 Å². The predicted molar refractivity (Wildman–Crippen MR) is 56.1 cm³/mol. The number of hydrogen-bond donors (Lipinski definition) is 3. The molecule has 0 unspecified atom stereocenters. The lowest BCUT2D eigenvalue weighted by atomic mass is 10.1. The Morgan fingerprint density at radius 2 is 1.83 bits per heavy atom. The minimum absolute atomic E-state index is 0.0159. The molecule has 1 aromatic carbocycles. The number of amides is 2. The van der Waals surface area contributed by atoms with Gasteiger partial charge in [-0.15, -0.1) is 0 Å². The molecule has 0 bridgehead atoms. The largest absolute Gasteiger partial charge is 0.464 e. The minimum Gasteiger partial charge on any atom is -0.464 e. The van der Waals surface area contributed by atoms with Crippen LogP contribution in [-0.4, -0.2) is 23.7 Å². The Morgan fingerprint density at radius 1 is 1.22 bits per heavy atom. The van der Waals surface area contributed by atoms with Crippen LogP contribution in [0, 0.1) is 0 Å². The number of halogens is 2. The van der Waals surface area contributed by atoms with Crippen molar-refractivity contribution in [2.75, 3.05) is 0 Å². The molecule has 0 aliphatic rings. The van der Waals surface area contributed by atoms with Crippen molar-refractivity contribution < 1.29 is 28.2 Å². The fraction of sp³-hybridized carbons (Fsp3) is 0.200. The van der Waals surface area contributed by atoms with Gasteiger partial charge in [0.1, 0.15) is 5.75 Å². The molecule has 0 atom stereocenters. The number of ether oxygens (including phenoxy) is 1. The first-order chi connectivity index (χ1) is 8.47. The minimum atomic E-state index is -2.90. The predicted octanol–water partition coefficient (Wildman–Crippen LogP) is 1.13. The summed E-state index contributed by atoms with van der Waals surface area (Å²) in [6, 6.07) is 5.44. The average Bonchev–Trinajstić information content (AvgIpc) is 2.28. The van der Waals surface area contributed by atoms with E-state index in [4.69, 9.17) is 5.11 Å². The third-order valence-electron chi connectivity index (χ3n) is 1.82. The summed E-state index contributed by atoms with van der Waals surface area (Å²) in [7, 11) is 0.